The van der Waals surface area contributed by atoms with Crippen LogP contribution in [0.3, 0.4) is 0 Å². The second-order valence-corrected chi connectivity index (χ2v) is 6.93. The molecule has 1 amide bonds. The van der Waals surface area contributed by atoms with Crippen LogP contribution in [0.2, 0.25) is 0 Å². The van der Waals surface area contributed by atoms with Gasteiger partial charge in [0.15, 0.2) is 11.5 Å². The predicted molar refractivity (Wildman–Crippen MR) is 110 cm³/mol. The molecule has 0 fully saturated rings. The molecule has 1 aliphatic rings. The Morgan fingerprint density at radius 2 is 1.68 bits per heavy atom. The highest BCUT2D eigenvalue weighted by Gasteiger charge is 2.49. The lowest BCUT2D eigenvalue weighted by Gasteiger charge is -2.26. The van der Waals surface area contributed by atoms with Crippen molar-refractivity contribution >= 4 is 11.9 Å². The lowest BCUT2D eigenvalue weighted by atomic mass is 9.82. The van der Waals surface area contributed by atoms with Gasteiger partial charge in [-0.3, -0.25) is 14.7 Å². The van der Waals surface area contributed by atoms with Crippen LogP contribution in [0.1, 0.15) is 22.4 Å². The van der Waals surface area contributed by atoms with Crippen molar-refractivity contribution in [3.63, 3.8) is 0 Å². The lowest BCUT2D eigenvalue weighted by molar-refractivity contribution is -0.129. The minimum atomic E-state index is -1.14. The summed E-state index contributed by atoms with van der Waals surface area (Å²) in [6, 6.07) is 23.6. The molecule has 0 saturated carbocycles. The number of pyridine rings is 1. The third-order valence-corrected chi connectivity index (χ3v) is 5.17. The minimum Gasteiger partial charge on any atom is -0.369 e. The van der Waals surface area contributed by atoms with E-state index in [0.29, 0.717) is 0 Å². The van der Waals surface area contributed by atoms with Crippen molar-refractivity contribution in [2.45, 2.75) is 18.4 Å². The zero-order chi connectivity index (χ0) is 19.6. The summed E-state index contributed by atoms with van der Waals surface area (Å²) in [6.45, 7) is 0. The molecule has 5 nitrogen and oxygen atoms in total. The number of nitrogens with two attached hydrogens (primary N) is 1. The average molecular weight is 370 g/mol. The Kier molecular flexibility index (Phi) is 4.65. The van der Waals surface area contributed by atoms with E-state index >= 15 is 0 Å². The van der Waals surface area contributed by atoms with Crippen molar-refractivity contribution in [1.82, 2.24) is 9.88 Å². The average Bonchev–Trinajstić information content (AvgIpc) is 2.99. The van der Waals surface area contributed by atoms with E-state index in [1.54, 1.807) is 13.2 Å². The van der Waals surface area contributed by atoms with Gasteiger partial charge in [0.2, 0.25) is 0 Å². The molecule has 0 bridgehead atoms. The van der Waals surface area contributed by atoms with Crippen LogP contribution in [0.25, 0.3) is 0 Å². The summed E-state index contributed by atoms with van der Waals surface area (Å²) < 4.78 is 0. The highest BCUT2D eigenvalue weighted by Crippen LogP contribution is 2.39. The summed E-state index contributed by atoms with van der Waals surface area (Å²) in [5.74, 6) is 0.0887. The molecule has 1 unspecified atom stereocenters. The van der Waals surface area contributed by atoms with E-state index in [1.807, 2.05) is 60.7 Å². The van der Waals surface area contributed by atoms with Gasteiger partial charge >= 0.3 is 0 Å². The number of hydrogen-bond donors (Lipinski definition) is 1. The van der Waals surface area contributed by atoms with E-state index in [2.05, 4.69) is 22.1 Å². The topological polar surface area (TPSA) is 71.6 Å². The number of carbonyl (C=O) groups excluding carboxylic acids is 1. The fourth-order valence-electron chi connectivity index (χ4n) is 3.63. The van der Waals surface area contributed by atoms with Crippen molar-refractivity contribution in [3.05, 3.63) is 101 Å². The number of nitrogens with zero attached hydrogens (tertiary/aromatic N) is 3. The van der Waals surface area contributed by atoms with Gasteiger partial charge in [0.05, 0.1) is 0 Å². The van der Waals surface area contributed by atoms with Crippen LogP contribution in [0, 0.1) is 0 Å². The molecule has 4 rings (SSSR count). The van der Waals surface area contributed by atoms with E-state index in [-0.39, 0.29) is 11.9 Å². The van der Waals surface area contributed by atoms with Crippen LogP contribution in [0.5, 0.6) is 0 Å². The second kappa shape index (κ2) is 7.27. The summed E-state index contributed by atoms with van der Waals surface area (Å²) in [4.78, 5) is 23.7. The molecular weight excluding hydrogens is 348 g/mol. The predicted octanol–water partition coefficient (Wildman–Crippen LogP) is 2.90. The molecule has 0 aliphatic carbocycles. The van der Waals surface area contributed by atoms with Crippen molar-refractivity contribution in [1.29, 1.82) is 0 Å². The van der Waals surface area contributed by atoms with Crippen LogP contribution in [-0.4, -0.2) is 28.8 Å². The van der Waals surface area contributed by atoms with E-state index < -0.39 is 5.54 Å². The highest BCUT2D eigenvalue weighted by atomic mass is 16.2. The van der Waals surface area contributed by atoms with E-state index in [9.17, 15) is 4.79 Å². The number of aryl methyl sites for hydroxylation is 2. The van der Waals surface area contributed by atoms with Gasteiger partial charge in [0, 0.05) is 18.9 Å². The quantitative estimate of drug-likeness (QED) is 0.751. The number of benzene rings is 2. The number of carbonyl (C=O) groups is 1. The van der Waals surface area contributed by atoms with Crippen LogP contribution >= 0.6 is 0 Å². The van der Waals surface area contributed by atoms with Crippen LogP contribution in [0.15, 0.2) is 84.0 Å². The summed E-state index contributed by atoms with van der Waals surface area (Å²) in [5.41, 5.74) is 8.72. The molecule has 0 radical (unpaired) electrons. The van der Waals surface area contributed by atoms with Gasteiger partial charge in [-0.1, -0.05) is 60.7 Å². The normalized spacial score (nSPS) is 19.0. The molecule has 0 saturated heterocycles. The van der Waals surface area contributed by atoms with Crippen molar-refractivity contribution in [2.75, 3.05) is 7.05 Å². The van der Waals surface area contributed by atoms with E-state index in [4.69, 9.17) is 5.73 Å². The molecule has 0 spiro atoms. The van der Waals surface area contributed by atoms with E-state index in [1.165, 1.54) is 4.90 Å². The molecule has 1 atom stereocenters. The molecule has 1 aromatic heterocycles. The number of rotatable bonds is 5. The van der Waals surface area contributed by atoms with Crippen molar-refractivity contribution in [3.8, 4) is 0 Å². The van der Waals surface area contributed by atoms with E-state index in [0.717, 1.165) is 35.2 Å². The summed E-state index contributed by atoms with van der Waals surface area (Å²) in [7, 11) is 1.66. The summed E-state index contributed by atoms with van der Waals surface area (Å²) in [5, 5.41) is 0. The smallest absolute Gasteiger partial charge is 0.266 e. The largest absolute Gasteiger partial charge is 0.369 e. The molecule has 28 heavy (non-hydrogen) atoms. The lowest BCUT2D eigenvalue weighted by Crippen LogP contribution is -2.41. The minimum absolute atomic E-state index is 0.141. The maximum Gasteiger partial charge on any atom is 0.266 e. The first-order valence-electron chi connectivity index (χ1n) is 9.29. The first kappa shape index (κ1) is 17.9. The monoisotopic (exact) mass is 370 g/mol. The third kappa shape index (κ3) is 3.05. The fraction of sp³-hybridized carbons (Fsp3) is 0.174. The number of guanidine groups is 1. The Morgan fingerprint density at radius 3 is 2.36 bits per heavy atom. The Hall–Kier alpha value is -3.47. The number of aliphatic imine (C=N–C) groups is 1. The van der Waals surface area contributed by atoms with Gasteiger partial charge in [-0.05, 0) is 41.7 Å². The molecule has 140 valence electrons. The van der Waals surface area contributed by atoms with Gasteiger partial charge in [-0.25, -0.2) is 4.99 Å². The molecule has 2 aromatic carbocycles. The Balaban J connectivity index is 1.73. The van der Waals surface area contributed by atoms with Crippen molar-refractivity contribution < 1.29 is 4.79 Å². The standard InChI is InChI=1S/C23H22N4O/c1-27-21(28)23(26-22(27)24,18-9-3-2-4-10-18)19-11-7-8-17(16-19)13-14-20-12-5-6-15-25-20/h2-12,15-16H,13-14H2,1H3,(H2,24,26). The Bertz CT molecular complexity index is 1020. The molecular formula is C23H22N4O. The Morgan fingerprint density at radius 1 is 0.929 bits per heavy atom. The van der Waals surface area contributed by atoms with Gasteiger partial charge in [0.1, 0.15) is 0 Å². The Labute approximate surface area is 164 Å². The van der Waals surface area contributed by atoms with Gasteiger partial charge in [-0.15, -0.1) is 0 Å². The SMILES string of the molecule is CN1C(=O)C(c2ccccc2)(c2cccc(CCc3ccccn3)c2)N=C1N. The van der Waals surface area contributed by atoms with Crippen LogP contribution in [-0.2, 0) is 23.2 Å². The molecule has 2 heterocycles. The summed E-state index contributed by atoms with van der Waals surface area (Å²) >= 11 is 0. The maximum absolute atomic E-state index is 13.3. The molecule has 5 heteroatoms. The van der Waals surface area contributed by atoms with Crippen molar-refractivity contribution in [2.24, 2.45) is 10.7 Å². The van der Waals surface area contributed by atoms with Gasteiger partial charge in [-0.2, -0.15) is 0 Å². The first-order chi connectivity index (χ1) is 13.6. The maximum atomic E-state index is 13.3. The highest BCUT2D eigenvalue weighted by molar-refractivity contribution is 6.08. The van der Waals surface area contributed by atoms with Crippen LogP contribution in [0.4, 0.5) is 0 Å². The van der Waals surface area contributed by atoms with Gasteiger partial charge in [0.25, 0.3) is 5.91 Å². The second-order valence-electron chi connectivity index (χ2n) is 6.93. The number of amides is 1. The molecule has 1 aliphatic heterocycles. The zero-order valence-electron chi connectivity index (χ0n) is 15.7. The summed E-state index contributed by atoms with van der Waals surface area (Å²) in [6.07, 6.45) is 3.47. The first-order valence-corrected chi connectivity index (χ1v) is 9.29. The zero-order valence-corrected chi connectivity index (χ0v) is 15.7. The van der Waals surface area contributed by atoms with Gasteiger partial charge < -0.3 is 5.73 Å². The fourth-order valence-corrected chi connectivity index (χ4v) is 3.63. The third-order valence-electron chi connectivity index (χ3n) is 5.17. The molecule has 3 aromatic rings. The number of likely N-dealkylation sites (N-methyl/N-ethyl adjacent to an activating group) is 1. The number of aromatic nitrogens is 1. The van der Waals surface area contributed by atoms with Crippen LogP contribution < -0.4 is 5.73 Å². The number of hydrogen-bond acceptors (Lipinski definition) is 4. The molecule has 2 N–H and O–H groups in total.